The Kier molecular flexibility index (Phi) is 6.23. The Morgan fingerprint density at radius 2 is 1.75 bits per heavy atom. The van der Waals surface area contributed by atoms with Crippen LogP contribution in [0, 0.1) is 0 Å². The number of carbonyl (C=O) groups is 1. The average Bonchev–Trinajstić information content (AvgIpc) is 2.21. The van der Waals surface area contributed by atoms with Gasteiger partial charge in [-0.25, -0.2) is 4.57 Å². The molecule has 0 unspecified atom stereocenters. The number of ketones is 1. The zero-order valence-electron chi connectivity index (χ0n) is 8.00. The number of rotatable bonds is 7. The lowest BCUT2D eigenvalue weighted by Gasteiger charge is -2.21. The molecule has 0 saturated heterocycles. The van der Waals surface area contributed by atoms with Gasteiger partial charge in [-0.15, -0.1) is 0 Å². The van der Waals surface area contributed by atoms with Crippen LogP contribution in [0.2, 0.25) is 0 Å². The molecule has 0 fully saturated rings. The molecular formula is C6H13O9P. The summed E-state index contributed by atoms with van der Waals surface area (Å²) in [6, 6.07) is 0. The Hall–Kier alpha value is -0.380. The molecule has 0 aromatic carbocycles. The lowest BCUT2D eigenvalue weighted by atomic mass is 11.0. The van der Waals surface area contributed by atoms with E-state index in [-0.39, 0.29) is 0 Å². The summed E-state index contributed by atoms with van der Waals surface area (Å²) in [7, 11) is -4.81. The van der Waals surface area contributed by atoms with Gasteiger partial charge < -0.3 is 30.2 Å². The van der Waals surface area contributed by atoms with Crippen LogP contribution in [0.15, 0.2) is 0 Å². The van der Waals surface area contributed by atoms with Gasteiger partial charge in [-0.2, -0.15) is 0 Å². The van der Waals surface area contributed by atoms with Crippen molar-refractivity contribution >= 4 is 13.6 Å². The number of phosphoric ester groups is 1. The molecule has 0 spiro atoms. The van der Waals surface area contributed by atoms with Crippen molar-refractivity contribution < 1.29 is 44.1 Å². The number of phosphoric acid groups is 1. The van der Waals surface area contributed by atoms with Crippen LogP contribution < -0.4 is 0 Å². The van der Waals surface area contributed by atoms with Gasteiger partial charge in [0.05, 0.1) is 6.61 Å². The number of aliphatic hydroxyl groups is 4. The van der Waals surface area contributed by atoms with E-state index in [4.69, 9.17) is 30.2 Å². The zero-order valence-corrected chi connectivity index (χ0v) is 8.90. The topological polar surface area (TPSA) is 165 Å². The van der Waals surface area contributed by atoms with Crippen molar-refractivity contribution in [3.8, 4) is 0 Å². The number of Topliss-reactive ketones (excluding diaryl/α,β-unsaturated/α-hetero) is 1. The summed E-state index contributed by atoms with van der Waals surface area (Å²) in [6.07, 6.45) is -5.94. The highest BCUT2D eigenvalue weighted by atomic mass is 31.2. The van der Waals surface area contributed by atoms with Gasteiger partial charge >= 0.3 is 7.82 Å². The predicted octanol–water partition coefficient (Wildman–Crippen LogP) is -3.26. The first-order valence-electron chi connectivity index (χ1n) is 4.07. The first-order chi connectivity index (χ1) is 7.19. The molecule has 0 aromatic heterocycles. The molecule has 96 valence electrons. The van der Waals surface area contributed by atoms with Crippen LogP contribution in [-0.4, -0.2) is 67.5 Å². The number of hydrogen-bond acceptors (Lipinski definition) is 7. The van der Waals surface area contributed by atoms with Crippen molar-refractivity contribution in [2.24, 2.45) is 0 Å². The lowest BCUT2D eigenvalue weighted by molar-refractivity contribution is -0.142. The number of carbonyl (C=O) groups excluding carboxylic acids is 1. The second kappa shape index (κ2) is 6.38. The molecule has 0 aromatic rings. The largest absolute Gasteiger partial charge is 0.469 e. The van der Waals surface area contributed by atoms with E-state index in [1.54, 1.807) is 0 Å². The molecule has 16 heavy (non-hydrogen) atoms. The van der Waals surface area contributed by atoms with Gasteiger partial charge in [0.25, 0.3) is 0 Å². The average molecular weight is 266 g/mol. The molecule has 0 radical (unpaired) electrons. The highest BCUT2D eigenvalue weighted by molar-refractivity contribution is 7.46. The normalized spacial score (nSPS) is 17.9. The van der Waals surface area contributed by atoms with Gasteiger partial charge in [-0.05, 0) is 0 Å². The predicted molar refractivity (Wildman–Crippen MR) is 48.1 cm³/mol. The van der Waals surface area contributed by atoms with Gasteiger partial charge in [0.15, 0.2) is 5.78 Å². The first-order valence-corrected chi connectivity index (χ1v) is 5.60. The van der Waals surface area contributed by atoms with Crippen LogP contribution in [0.4, 0.5) is 0 Å². The maximum atomic E-state index is 10.7. The Labute approximate surface area is 90.2 Å². The first kappa shape index (κ1) is 15.6. The maximum Gasteiger partial charge on any atom is 0.469 e. The minimum Gasteiger partial charge on any atom is -0.388 e. The smallest absolute Gasteiger partial charge is 0.388 e. The van der Waals surface area contributed by atoms with E-state index < -0.39 is 45.1 Å². The zero-order chi connectivity index (χ0) is 12.9. The summed E-state index contributed by atoms with van der Waals surface area (Å²) in [5.41, 5.74) is 0. The van der Waals surface area contributed by atoms with Crippen molar-refractivity contribution in [3.63, 3.8) is 0 Å². The maximum absolute atomic E-state index is 10.7. The molecule has 10 heteroatoms. The summed E-state index contributed by atoms with van der Waals surface area (Å²) in [6.45, 7) is -2.01. The van der Waals surface area contributed by atoms with Gasteiger partial charge in [-0.1, -0.05) is 0 Å². The summed E-state index contributed by atoms with van der Waals surface area (Å²) in [5.74, 6) is -1.14. The third kappa shape index (κ3) is 5.64. The molecule has 0 saturated carbocycles. The number of hydrogen-bond donors (Lipinski definition) is 6. The van der Waals surface area contributed by atoms with Crippen molar-refractivity contribution in [2.45, 2.75) is 18.3 Å². The van der Waals surface area contributed by atoms with E-state index in [2.05, 4.69) is 4.52 Å². The Morgan fingerprint density at radius 3 is 2.12 bits per heavy atom. The molecule has 0 aliphatic carbocycles. The minimum absolute atomic E-state index is 0.971. The molecule has 0 rings (SSSR count). The Morgan fingerprint density at radius 1 is 1.25 bits per heavy atom. The molecule has 9 nitrogen and oxygen atoms in total. The molecule has 6 N–H and O–H groups in total. The third-order valence-electron chi connectivity index (χ3n) is 1.62. The van der Waals surface area contributed by atoms with Crippen molar-refractivity contribution in [2.75, 3.05) is 13.2 Å². The lowest BCUT2D eigenvalue weighted by Crippen LogP contribution is -2.45. The molecular weight excluding hydrogens is 253 g/mol. The molecule has 0 bridgehead atoms. The van der Waals surface area contributed by atoms with Crippen LogP contribution in [-0.2, 0) is 13.9 Å². The molecule has 0 heterocycles. The fourth-order valence-corrected chi connectivity index (χ4v) is 1.11. The Balaban J connectivity index is 4.23. The minimum atomic E-state index is -4.81. The van der Waals surface area contributed by atoms with Crippen LogP contribution in [0.25, 0.3) is 0 Å². The Bertz CT molecular complexity index is 273. The van der Waals surface area contributed by atoms with Crippen molar-refractivity contribution in [1.29, 1.82) is 0 Å². The van der Waals surface area contributed by atoms with E-state index in [0.29, 0.717) is 0 Å². The monoisotopic (exact) mass is 266 g/mol. The van der Waals surface area contributed by atoms with Gasteiger partial charge in [0.2, 0.25) is 0 Å². The van der Waals surface area contributed by atoms with Crippen LogP contribution in [0.1, 0.15) is 0 Å². The van der Waals surface area contributed by atoms with Crippen molar-refractivity contribution in [3.05, 3.63) is 0 Å². The second-order valence-corrected chi connectivity index (χ2v) is 4.15. The van der Waals surface area contributed by atoms with Crippen LogP contribution in [0.3, 0.4) is 0 Å². The molecule has 3 atom stereocenters. The highest BCUT2D eigenvalue weighted by Gasteiger charge is 2.31. The summed E-state index contributed by atoms with van der Waals surface area (Å²) < 4.78 is 14.1. The molecule has 0 aliphatic rings. The fourth-order valence-electron chi connectivity index (χ4n) is 0.766. The molecule has 0 amide bonds. The SMILES string of the molecule is O=[13C]([13CH2]O)[13C@@H](O)[13C@H](O)[13C@H](O)[13CH2]OP(=O)(O)O. The van der Waals surface area contributed by atoms with Crippen molar-refractivity contribution in [1.82, 2.24) is 0 Å². The van der Waals surface area contributed by atoms with Gasteiger partial charge in [0.1, 0.15) is 24.9 Å². The van der Waals surface area contributed by atoms with E-state index in [9.17, 15) is 9.36 Å². The van der Waals surface area contributed by atoms with E-state index in [1.165, 1.54) is 0 Å². The van der Waals surface area contributed by atoms with Crippen LogP contribution in [0.5, 0.6) is 0 Å². The van der Waals surface area contributed by atoms with Crippen LogP contribution >= 0.6 is 7.82 Å². The van der Waals surface area contributed by atoms with Gasteiger partial charge in [-0.3, -0.25) is 9.32 Å². The summed E-state index contributed by atoms with van der Waals surface area (Å²) >= 11 is 0. The molecule has 0 aliphatic heterocycles. The quantitative estimate of drug-likeness (QED) is 0.205. The second-order valence-electron chi connectivity index (χ2n) is 2.91. The summed E-state index contributed by atoms with van der Waals surface area (Å²) in [4.78, 5) is 27.2. The third-order valence-corrected chi connectivity index (χ3v) is 2.10. The van der Waals surface area contributed by atoms with E-state index in [1.807, 2.05) is 0 Å². The fraction of sp³-hybridized carbons (Fsp3) is 0.833. The van der Waals surface area contributed by atoms with E-state index in [0.717, 1.165) is 0 Å². The summed E-state index contributed by atoms with van der Waals surface area (Å²) in [5, 5.41) is 35.6. The standard InChI is InChI=1S/C6H13O9P/c7-1-3(8)5(10)6(11)4(9)2-15-16(12,13)14/h4-7,9-11H,1-2H2,(H2,12,13,14)/t4-,5-,6-/m1/s1/i1+1,2+1,3+1,4+1,5+1,6+1. The highest BCUT2D eigenvalue weighted by Crippen LogP contribution is 2.35. The van der Waals surface area contributed by atoms with E-state index >= 15 is 0 Å². The number of aliphatic hydroxyl groups excluding tert-OH is 4. The van der Waals surface area contributed by atoms with Gasteiger partial charge in [0, 0.05) is 0 Å².